The van der Waals surface area contributed by atoms with Gasteiger partial charge in [0, 0.05) is 8.47 Å². The molecule has 2 rings (SSSR count). The SMILES string of the molecule is O=C(O)c1ccc(S(=O)Cc2ccc(I)cc2)cc1. The Labute approximate surface area is 127 Å². The molecule has 3 nitrogen and oxygen atoms in total. The van der Waals surface area contributed by atoms with Crippen molar-refractivity contribution in [3.8, 4) is 0 Å². The molecule has 0 spiro atoms. The summed E-state index contributed by atoms with van der Waals surface area (Å²) < 4.78 is 13.3. The van der Waals surface area contributed by atoms with Crippen LogP contribution in [0.15, 0.2) is 53.4 Å². The fraction of sp³-hybridized carbons (Fsp3) is 0.0714. The lowest BCUT2D eigenvalue weighted by Crippen LogP contribution is -1.99. The molecular weight excluding hydrogens is 375 g/mol. The summed E-state index contributed by atoms with van der Waals surface area (Å²) >= 11 is 2.22. The lowest BCUT2D eigenvalue weighted by molar-refractivity contribution is 0.0697. The number of carboxylic acids is 1. The number of carboxylic acid groups (broad SMARTS) is 1. The van der Waals surface area contributed by atoms with Crippen molar-refractivity contribution >= 4 is 39.4 Å². The first-order valence-electron chi connectivity index (χ1n) is 5.52. The van der Waals surface area contributed by atoms with Gasteiger partial charge in [-0.3, -0.25) is 4.21 Å². The number of benzene rings is 2. The van der Waals surface area contributed by atoms with E-state index in [1.165, 1.54) is 12.1 Å². The summed E-state index contributed by atoms with van der Waals surface area (Å²) in [5, 5.41) is 8.80. The maximum Gasteiger partial charge on any atom is 0.335 e. The van der Waals surface area contributed by atoms with Crippen LogP contribution in [0, 0.1) is 3.57 Å². The summed E-state index contributed by atoms with van der Waals surface area (Å²) in [4.78, 5) is 11.4. The van der Waals surface area contributed by atoms with Crippen molar-refractivity contribution in [1.29, 1.82) is 0 Å². The average molecular weight is 386 g/mol. The van der Waals surface area contributed by atoms with Gasteiger partial charge in [-0.1, -0.05) is 12.1 Å². The van der Waals surface area contributed by atoms with Crippen LogP contribution in [0.25, 0.3) is 0 Å². The van der Waals surface area contributed by atoms with E-state index in [1.54, 1.807) is 12.1 Å². The van der Waals surface area contributed by atoms with Crippen molar-refractivity contribution < 1.29 is 14.1 Å². The first-order valence-corrected chi connectivity index (χ1v) is 7.92. The minimum atomic E-state index is -1.16. The van der Waals surface area contributed by atoms with Crippen LogP contribution in [-0.2, 0) is 16.6 Å². The topological polar surface area (TPSA) is 54.4 Å². The zero-order valence-corrected chi connectivity index (χ0v) is 12.8. The molecule has 0 saturated heterocycles. The summed E-state index contributed by atoms with van der Waals surface area (Å²) in [6.07, 6.45) is 0. The van der Waals surface area contributed by atoms with E-state index < -0.39 is 16.8 Å². The quantitative estimate of drug-likeness (QED) is 0.821. The third-order valence-corrected chi connectivity index (χ3v) is 4.69. The predicted molar refractivity (Wildman–Crippen MR) is 82.7 cm³/mol. The largest absolute Gasteiger partial charge is 0.478 e. The van der Waals surface area contributed by atoms with Crippen LogP contribution in [0.3, 0.4) is 0 Å². The van der Waals surface area contributed by atoms with Crippen molar-refractivity contribution in [2.45, 2.75) is 10.6 Å². The van der Waals surface area contributed by atoms with Crippen LogP contribution < -0.4 is 0 Å². The highest BCUT2D eigenvalue weighted by Crippen LogP contribution is 2.15. The first-order chi connectivity index (χ1) is 9.06. The molecule has 0 aliphatic heterocycles. The van der Waals surface area contributed by atoms with Gasteiger partial charge in [-0.15, -0.1) is 0 Å². The molecule has 0 saturated carbocycles. The van der Waals surface area contributed by atoms with Crippen LogP contribution >= 0.6 is 22.6 Å². The van der Waals surface area contributed by atoms with Gasteiger partial charge < -0.3 is 5.11 Å². The average Bonchev–Trinajstić information content (AvgIpc) is 2.41. The van der Waals surface area contributed by atoms with E-state index in [0.717, 1.165) is 9.13 Å². The first kappa shape index (κ1) is 14.2. The van der Waals surface area contributed by atoms with Gasteiger partial charge in [0.1, 0.15) is 0 Å². The molecule has 5 heteroatoms. The molecule has 0 heterocycles. The Morgan fingerprint density at radius 3 is 2.16 bits per heavy atom. The van der Waals surface area contributed by atoms with E-state index in [-0.39, 0.29) is 5.56 Å². The van der Waals surface area contributed by atoms with Gasteiger partial charge >= 0.3 is 5.97 Å². The highest BCUT2D eigenvalue weighted by molar-refractivity contribution is 14.1. The highest BCUT2D eigenvalue weighted by atomic mass is 127. The molecule has 1 N–H and O–H groups in total. The Hall–Kier alpha value is -1.21. The smallest absolute Gasteiger partial charge is 0.335 e. The van der Waals surface area contributed by atoms with Gasteiger partial charge in [0.05, 0.1) is 22.1 Å². The summed E-state index contributed by atoms with van der Waals surface area (Å²) in [6.45, 7) is 0. The Kier molecular flexibility index (Phi) is 4.71. The lowest BCUT2D eigenvalue weighted by atomic mass is 10.2. The molecule has 0 radical (unpaired) electrons. The summed E-state index contributed by atoms with van der Waals surface area (Å²) in [7, 11) is -1.16. The summed E-state index contributed by atoms with van der Waals surface area (Å²) in [6, 6.07) is 14.0. The summed E-state index contributed by atoms with van der Waals surface area (Å²) in [5.74, 6) is -0.543. The maximum atomic E-state index is 12.1. The van der Waals surface area contributed by atoms with Gasteiger partial charge in [0.2, 0.25) is 0 Å². The Bertz CT molecular complexity index is 606. The molecule has 1 atom stereocenters. The molecule has 1 unspecified atom stereocenters. The van der Waals surface area contributed by atoms with Crippen LogP contribution in [0.5, 0.6) is 0 Å². The molecular formula is C14H11IO3S. The number of rotatable bonds is 4. The monoisotopic (exact) mass is 386 g/mol. The Balaban J connectivity index is 2.11. The normalized spacial score (nSPS) is 12.1. The zero-order chi connectivity index (χ0) is 13.8. The molecule has 0 fully saturated rings. The van der Waals surface area contributed by atoms with Crippen LogP contribution in [0.4, 0.5) is 0 Å². The van der Waals surface area contributed by atoms with Crippen molar-refractivity contribution in [1.82, 2.24) is 0 Å². The van der Waals surface area contributed by atoms with Crippen molar-refractivity contribution in [2.24, 2.45) is 0 Å². The number of carbonyl (C=O) groups is 1. The van der Waals surface area contributed by atoms with E-state index >= 15 is 0 Å². The number of hydrogen-bond donors (Lipinski definition) is 1. The summed E-state index contributed by atoms with van der Waals surface area (Å²) in [5.41, 5.74) is 1.20. The van der Waals surface area contributed by atoms with E-state index in [4.69, 9.17) is 5.11 Å². The molecule has 0 aliphatic carbocycles. The van der Waals surface area contributed by atoms with E-state index in [1.807, 2.05) is 24.3 Å². The van der Waals surface area contributed by atoms with Gasteiger partial charge in [0.25, 0.3) is 0 Å². The number of aromatic carboxylic acids is 1. The standard InChI is InChI=1S/C14H11IO3S/c15-12-5-1-10(2-6-12)9-19(18)13-7-3-11(4-8-13)14(16)17/h1-8H,9H2,(H,16,17). The Morgan fingerprint density at radius 1 is 1.05 bits per heavy atom. The molecule has 0 aliphatic rings. The molecule has 2 aromatic carbocycles. The molecule has 2 aromatic rings. The fourth-order valence-corrected chi connectivity index (χ4v) is 3.03. The lowest BCUT2D eigenvalue weighted by Gasteiger charge is -2.03. The van der Waals surface area contributed by atoms with Crippen molar-refractivity contribution in [2.75, 3.05) is 0 Å². The molecule has 0 aromatic heterocycles. The highest BCUT2D eigenvalue weighted by Gasteiger charge is 2.07. The van der Waals surface area contributed by atoms with Gasteiger partial charge in [-0.05, 0) is 64.6 Å². The number of hydrogen-bond acceptors (Lipinski definition) is 2. The molecule has 19 heavy (non-hydrogen) atoms. The second kappa shape index (κ2) is 6.29. The van der Waals surface area contributed by atoms with Gasteiger partial charge in [-0.2, -0.15) is 0 Å². The van der Waals surface area contributed by atoms with Crippen molar-refractivity contribution in [3.05, 3.63) is 63.2 Å². The predicted octanol–water partition coefficient (Wildman–Crippen LogP) is 3.30. The van der Waals surface area contributed by atoms with Gasteiger partial charge in [-0.25, -0.2) is 4.79 Å². The van der Waals surface area contributed by atoms with Crippen LogP contribution in [0.1, 0.15) is 15.9 Å². The number of halogens is 1. The van der Waals surface area contributed by atoms with E-state index in [9.17, 15) is 9.00 Å². The minimum Gasteiger partial charge on any atom is -0.478 e. The van der Waals surface area contributed by atoms with E-state index in [2.05, 4.69) is 22.6 Å². The molecule has 0 bridgehead atoms. The molecule has 0 amide bonds. The second-order valence-corrected chi connectivity index (χ2v) is 6.64. The van der Waals surface area contributed by atoms with Crippen LogP contribution in [0.2, 0.25) is 0 Å². The van der Waals surface area contributed by atoms with Gasteiger partial charge in [0.15, 0.2) is 0 Å². The third-order valence-electron chi connectivity index (χ3n) is 2.58. The maximum absolute atomic E-state index is 12.1. The minimum absolute atomic E-state index is 0.204. The van der Waals surface area contributed by atoms with E-state index in [0.29, 0.717) is 10.6 Å². The Morgan fingerprint density at radius 2 is 1.63 bits per heavy atom. The molecule has 98 valence electrons. The van der Waals surface area contributed by atoms with Crippen molar-refractivity contribution in [3.63, 3.8) is 0 Å². The second-order valence-electron chi connectivity index (χ2n) is 3.95. The fourth-order valence-electron chi connectivity index (χ4n) is 1.56. The van der Waals surface area contributed by atoms with Crippen LogP contribution in [-0.4, -0.2) is 15.3 Å². The zero-order valence-electron chi connectivity index (χ0n) is 9.88. The third kappa shape index (κ3) is 3.87.